The number of carbonyl (C=O) groups is 2. The molecule has 1 saturated carbocycles. The zero-order chi connectivity index (χ0) is 18.6. The first-order valence-corrected chi connectivity index (χ1v) is 9.82. The van der Waals surface area contributed by atoms with Gasteiger partial charge in [-0.25, -0.2) is 4.79 Å². The molecule has 0 spiro atoms. The number of carbonyl (C=O) groups excluding carboxylic acids is 2. The molecular formula is C23H25NO3. The van der Waals surface area contributed by atoms with Crippen molar-refractivity contribution in [2.24, 2.45) is 5.92 Å². The molecule has 4 nitrogen and oxygen atoms in total. The van der Waals surface area contributed by atoms with Crippen LogP contribution >= 0.6 is 0 Å². The molecule has 0 aromatic heterocycles. The molecule has 0 bridgehead atoms. The number of fused-ring (bicyclic) bond motifs is 1. The highest BCUT2D eigenvalue weighted by atomic mass is 16.5. The fourth-order valence-electron chi connectivity index (χ4n) is 4.52. The highest BCUT2D eigenvalue weighted by Gasteiger charge is 2.48. The van der Waals surface area contributed by atoms with Gasteiger partial charge in [0.25, 0.3) is 5.91 Å². The van der Waals surface area contributed by atoms with E-state index in [1.54, 1.807) is 0 Å². The molecule has 2 aromatic carbocycles. The van der Waals surface area contributed by atoms with Gasteiger partial charge in [-0.05, 0) is 42.9 Å². The van der Waals surface area contributed by atoms with E-state index in [4.69, 9.17) is 4.74 Å². The smallest absolute Gasteiger partial charge is 0.329 e. The first-order valence-electron chi connectivity index (χ1n) is 9.82. The van der Waals surface area contributed by atoms with Gasteiger partial charge >= 0.3 is 5.97 Å². The van der Waals surface area contributed by atoms with Gasteiger partial charge in [-0.3, -0.25) is 4.79 Å². The van der Waals surface area contributed by atoms with E-state index in [9.17, 15) is 9.59 Å². The SMILES string of the molecule is O=C(OCc1ccccc1)[C@@H]1C[C@H]2CCCC[C@@H]2N1C(=O)c1ccccc1. The number of hydrogen-bond donors (Lipinski definition) is 0. The molecule has 2 fully saturated rings. The number of likely N-dealkylation sites (tertiary alicyclic amines) is 1. The lowest BCUT2D eigenvalue weighted by Crippen LogP contribution is -2.46. The summed E-state index contributed by atoms with van der Waals surface area (Å²) in [7, 11) is 0. The van der Waals surface area contributed by atoms with Gasteiger partial charge in [0.1, 0.15) is 12.6 Å². The van der Waals surface area contributed by atoms with Crippen molar-refractivity contribution >= 4 is 11.9 Å². The Kier molecular flexibility index (Phi) is 5.23. The maximum absolute atomic E-state index is 13.2. The van der Waals surface area contributed by atoms with Crippen LogP contribution in [0.3, 0.4) is 0 Å². The maximum Gasteiger partial charge on any atom is 0.329 e. The van der Waals surface area contributed by atoms with Crippen LogP contribution in [0.1, 0.15) is 48.0 Å². The van der Waals surface area contributed by atoms with Crippen molar-refractivity contribution < 1.29 is 14.3 Å². The zero-order valence-corrected chi connectivity index (χ0v) is 15.4. The molecule has 1 saturated heterocycles. The fraction of sp³-hybridized carbons (Fsp3) is 0.391. The number of amides is 1. The predicted octanol–water partition coefficient (Wildman–Crippen LogP) is 4.20. The molecule has 0 radical (unpaired) electrons. The van der Waals surface area contributed by atoms with Crippen molar-refractivity contribution in [2.75, 3.05) is 0 Å². The van der Waals surface area contributed by atoms with Gasteiger partial charge in [0.15, 0.2) is 0 Å². The molecule has 140 valence electrons. The molecule has 2 aliphatic rings. The summed E-state index contributed by atoms with van der Waals surface area (Å²) in [6.07, 6.45) is 5.08. The lowest BCUT2D eigenvalue weighted by Gasteiger charge is -2.33. The van der Waals surface area contributed by atoms with Crippen molar-refractivity contribution in [1.82, 2.24) is 4.90 Å². The van der Waals surface area contributed by atoms with Crippen LogP contribution in [0.5, 0.6) is 0 Å². The van der Waals surface area contributed by atoms with Gasteiger partial charge in [0.2, 0.25) is 0 Å². The van der Waals surface area contributed by atoms with Crippen molar-refractivity contribution in [1.29, 1.82) is 0 Å². The third-order valence-corrected chi connectivity index (χ3v) is 5.84. The van der Waals surface area contributed by atoms with Crippen LogP contribution in [0, 0.1) is 5.92 Å². The van der Waals surface area contributed by atoms with Crippen LogP contribution in [0.25, 0.3) is 0 Å². The Balaban J connectivity index is 1.53. The Morgan fingerprint density at radius 2 is 1.59 bits per heavy atom. The molecule has 4 heteroatoms. The summed E-state index contributed by atoms with van der Waals surface area (Å²) in [6.45, 7) is 0.249. The van der Waals surface area contributed by atoms with Crippen LogP contribution in [0.15, 0.2) is 60.7 Å². The first-order chi connectivity index (χ1) is 13.2. The van der Waals surface area contributed by atoms with Crippen LogP contribution in [0.2, 0.25) is 0 Å². The molecule has 0 unspecified atom stereocenters. The summed E-state index contributed by atoms with van der Waals surface area (Å²) < 4.78 is 5.60. The number of benzene rings is 2. The van der Waals surface area contributed by atoms with Crippen LogP contribution < -0.4 is 0 Å². The van der Waals surface area contributed by atoms with Crippen LogP contribution in [0.4, 0.5) is 0 Å². The molecule has 27 heavy (non-hydrogen) atoms. The van der Waals surface area contributed by atoms with E-state index < -0.39 is 6.04 Å². The van der Waals surface area contributed by atoms with E-state index >= 15 is 0 Å². The van der Waals surface area contributed by atoms with Crippen molar-refractivity contribution in [3.8, 4) is 0 Å². The minimum atomic E-state index is -0.477. The van der Waals surface area contributed by atoms with E-state index in [1.165, 1.54) is 6.42 Å². The Morgan fingerprint density at radius 3 is 2.33 bits per heavy atom. The van der Waals surface area contributed by atoms with E-state index in [0.29, 0.717) is 11.5 Å². The van der Waals surface area contributed by atoms with Crippen LogP contribution in [-0.4, -0.2) is 28.9 Å². The quantitative estimate of drug-likeness (QED) is 0.765. The van der Waals surface area contributed by atoms with Gasteiger partial charge in [-0.15, -0.1) is 0 Å². The lowest BCUT2D eigenvalue weighted by atomic mass is 9.84. The average Bonchev–Trinajstić information content (AvgIpc) is 3.12. The Labute approximate surface area is 160 Å². The summed E-state index contributed by atoms with van der Waals surface area (Å²) >= 11 is 0. The number of ether oxygens (including phenoxy) is 1. The zero-order valence-electron chi connectivity index (χ0n) is 15.4. The fourth-order valence-corrected chi connectivity index (χ4v) is 4.52. The van der Waals surface area contributed by atoms with Crippen molar-refractivity contribution in [2.45, 2.75) is 50.8 Å². The van der Waals surface area contributed by atoms with Gasteiger partial charge in [0, 0.05) is 11.6 Å². The van der Waals surface area contributed by atoms with Crippen molar-refractivity contribution in [3.05, 3.63) is 71.8 Å². The number of nitrogens with zero attached hydrogens (tertiary/aromatic N) is 1. The van der Waals surface area contributed by atoms with Gasteiger partial charge in [-0.2, -0.15) is 0 Å². The summed E-state index contributed by atoms with van der Waals surface area (Å²) in [6, 6.07) is 18.6. The predicted molar refractivity (Wildman–Crippen MR) is 103 cm³/mol. The van der Waals surface area contributed by atoms with E-state index in [-0.39, 0.29) is 24.5 Å². The van der Waals surface area contributed by atoms with E-state index in [0.717, 1.165) is 31.2 Å². The molecule has 2 aromatic rings. The third-order valence-electron chi connectivity index (χ3n) is 5.84. The summed E-state index contributed by atoms with van der Waals surface area (Å²) in [4.78, 5) is 27.9. The molecule has 1 aliphatic carbocycles. The highest BCUT2D eigenvalue weighted by Crippen LogP contribution is 2.40. The Morgan fingerprint density at radius 1 is 0.926 bits per heavy atom. The topological polar surface area (TPSA) is 46.6 Å². The second kappa shape index (κ2) is 7.95. The third kappa shape index (κ3) is 3.75. The molecule has 3 atom stereocenters. The highest BCUT2D eigenvalue weighted by molar-refractivity contribution is 5.97. The largest absolute Gasteiger partial charge is 0.459 e. The monoisotopic (exact) mass is 363 g/mol. The standard InChI is InChI=1S/C23H25NO3/c25-22(18-11-5-2-6-12-18)24-20-14-8-7-13-19(20)15-21(24)23(26)27-16-17-9-3-1-4-10-17/h1-6,9-12,19-21H,7-8,13-16H2/t19-,20+,21+/m1/s1. The molecule has 1 heterocycles. The van der Waals surface area contributed by atoms with Gasteiger partial charge < -0.3 is 9.64 Å². The van der Waals surface area contributed by atoms with E-state index in [2.05, 4.69) is 0 Å². The number of rotatable bonds is 4. The normalized spacial score (nSPS) is 24.3. The minimum Gasteiger partial charge on any atom is -0.459 e. The second-order valence-electron chi connectivity index (χ2n) is 7.54. The molecule has 1 amide bonds. The second-order valence-corrected chi connectivity index (χ2v) is 7.54. The molecule has 1 aliphatic heterocycles. The molecule has 0 N–H and O–H groups in total. The lowest BCUT2D eigenvalue weighted by molar-refractivity contribution is -0.149. The molecule has 4 rings (SSSR count). The first kappa shape index (κ1) is 17.8. The minimum absolute atomic E-state index is 0.0494. The Hall–Kier alpha value is -2.62. The van der Waals surface area contributed by atoms with Gasteiger partial charge in [0.05, 0.1) is 0 Å². The average molecular weight is 363 g/mol. The van der Waals surface area contributed by atoms with Gasteiger partial charge in [-0.1, -0.05) is 61.4 Å². The van der Waals surface area contributed by atoms with E-state index in [1.807, 2.05) is 65.6 Å². The maximum atomic E-state index is 13.2. The summed E-state index contributed by atoms with van der Waals surface area (Å²) in [5.74, 6) is 0.0740. The summed E-state index contributed by atoms with van der Waals surface area (Å²) in [5.41, 5.74) is 1.60. The van der Waals surface area contributed by atoms with Crippen molar-refractivity contribution in [3.63, 3.8) is 0 Å². The number of esters is 1. The summed E-state index contributed by atoms with van der Waals surface area (Å²) in [5, 5.41) is 0. The van der Waals surface area contributed by atoms with Crippen LogP contribution in [-0.2, 0) is 16.1 Å². The molecular weight excluding hydrogens is 338 g/mol. The number of hydrogen-bond acceptors (Lipinski definition) is 3. The Bertz CT molecular complexity index is 790.